The first kappa shape index (κ1) is 24.4. The molecule has 1 aliphatic rings. The Balaban J connectivity index is -0.000000414. The number of carboxylic acids is 1. The van der Waals surface area contributed by atoms with Crippen molar-refractivity contribution in [3.8, 4) is 0 Å². The molecule has 2 atom stereocenters. The van der Waals surface area contributed by atoms with E-state index in [1.54, 1.807) is 12.1 Å². The summed E-state index contributed by atoms with van der Waals surface area (Å²) in [4.78, 5) is 10.9. The number of benzene rings is 1. The van der Waals surface area contributed by atoms with Gasteiger partial charge in [0.1, 0.15) is 0 Å². The maximum atomic E-state index is 10.9. The number of fused-ring (bicyclic) bond motifs is 1. The van der Waals surface area contributed by atoms with E-state index in [1.165, 1.54) is 0 Å². The van der Waals surface area contributed by atoms with Gasteiger partial charge in [-0.1, -0.05) is 24.3 Å². The van der Waals surface area contributed by atoms with Crippen molar-refractivity contribution < 1.29 is 46.3 Å². The summed E-state index contributed by atoms with van der Waals surface area (Å²) in [5.74, 6) is -1.25. The minimum absolute atomic E-state index is 0. The number of hydrogen-bond donors (Lipinski definition) is 2. The van der Waals surface area contributed by atoms with Gasteiger partial charge >= 0.3 is 39.9 Å². The molecule has 0 heterocycles. The SMILES string of the molecule is O=C(O)C1CCC(O)c2ccccc21.[C-]#[O+].[C-]#[O+].[C-]#[O+].[Cr]. The van der Waals surface area contributed by atoms with Gasteiger partial charge in [-0.15, -0.1) is 0 Å². The number of rotatable bonds is 1. The number of carbonyl (C=O) groups is 1. The average molecular weight is 328 g/mol. The molecular weight excluding hydrogens is 316 g/mol. The summed E-state index contributed by atoms with van der Waals surface area (Å²) in [5.41, 5.74) is 1.53. The second-order valence-corrected chi connectivity index (χ2v) is 3.61. The molecule has 2 unspecified atom stereocenters. The molecule has 2 N–H and O–H groups in total. The number of aliphatic hydroxyl groups excluding tert-OH is 1. The number of carboxylic acid groups (broad SMARTS) is 1. The largest absolute Gasteiger partial charge is 0 e. The molecule has 6 nitrogen and oxygen atoms in total. The monoisotopic (exact) mass is 328 g/mol. The summed E-state index contributed by atoms with van der Waals surface area (Å²) < 4.78 is 22.5. The van der Waals surface area contributed by atoms with E-state index in [1.807, 2.05) is 12.1 Å². The fourth-order valence-electron chi connectivity index (χ4n) is 2.02. The average Bonchev–Trinajstić information content (AvgIpc) is 2.53. The second-order valence-electron chi connectivity index (χ2n) is 3.61. The van der Waals surface area contributed by atoms with Gasteiger partial charge in [0, 0.05) is 17.4 Å². The van der Waals surface area contributed by atoms with Crippen LogP contribution in [0.15, 0.2) is 24.3 Å². The molecule has 0 aliphatic heterocycles. The summed E-state index contributed by atoms with van der Waals surface area (Å²) in [6.45, 7) is 13.5. The van der Waals surface area contributed by atoms with Gasteiger partial charge in [0.25, 0.3) is 0 Å². The van der Waals surface area contributed by atoms with E-state index in [2.05, 4.69) is 20.0 Å². The summed E-state index contributed by atoms with van der Waals surface area (Å²) in [7, 11) is 0. The van der Waals surface area contributed by atoms with Crippen molar-refractivity contribution in [1.82, 2.24) is 0 Å². The van der Waals surface area contributed by atoms with Crippen LogP contribution in [0.25, 0.3) is 0 Å². The Morgan fingerprint density at radius 2 is 1.43 bits per heavy atom. The van der Waals surface area contributed by atoms with Crippen LogP contribution in [0.5, 0.6) is 0 Å². The smallest absolute Gasteiger partial charge is 0 e. The molecule has 1 aromatic carbocycles. The topological polar surface area (TPSA) is 117 Å². The maximum Gasteiger partial charge on any atom is 0 e. The second kappa shape index (κ2) is 14.8. The summed E-state index contributed by atoms with van der Waals surface area (Å²) in [6, 6.07) is 7.23. The van der Waals surface area contributed by atoms with E-state index in [9.17, 15) is 9.90 Å². The van der Waals surface area contributed by atoms with Crippen LogP contribution in [0.2, 0.25) is 0 Å². The first-order chi connectivity index (χ1) is 9.70. The van der Waals surface area contributed by atoms with Crippen molar-refractivity contribution >= 4 is 5.97 Å². The minimum Gasteiger partial charge on any atom is 0 e. The molecule has 21 heavy (non-hydrogen) atoms. The van der Waals surface area contributed by atoms with Crippen LogP contribution in [0.3, 0.4) is 0 Å². The Labute approximate surface area is 133 Å². The molecule has 0 fully saturated rings. The molecule has 2 rings (SSSR count). The molecule has 7 heteroatoms. The van der Waals surface area contributed by atoms with Crippen LogP contribution in [-0.2, 0) is 36.1 Å². The van der Waals surface area contributed by atoms with Crippen LogP contribution in [0.1, 0.15) is 36.0 Å². The first-order valence-electron chi connectivity index (χ1n) is 5.31. The van der Waals surface area contributed by atoms with Gasteiger partial charge in [0.2, 0.25) is 0 Å². The molecular formula is C14H12CrO6. The van der Waals surface area contributed by atoms with Crippen molar-refractivity contribution in [2.75, 3.05) is 0 Å². The Morgan fingerprint density at radius 3 is 1.86 bits per heavy atom. The van der Waals surface area contributed by atoms with Crippen LogP contribution < -0.4 is 0 Å². The standard InChI is InChI=1S/C11H12O3.3CO.Cr/c12-10-6-5-9(11(13)14)7-3-1-2-4-8(7)10;3*1-2;/h1-4,9-10,12H,5-6H2,(H,13,14);;;;. The van der Waals surface area contributed by atoms with Gasteiger partial charge in [-0.2, -0.15) is 0 Å². The van der Waals surface area contributed by atoms with E-state index in [4.69, 9.17) is 19.1 Å². The molecule has 110 valence electrons. The number of aliphatic carboxylic acids is 1. The van der Waals surface area contributed by atoms with E-state index in [-0.39, 0.29) is 17.4 Å². The van der Waals surface area contributed by atoms with E-state index in [0.29, 0.717) is 12.8 Å². The quantitative estimate of drug-likeness (QED) is 0.601. The van der Waals surface area contributed by atoms with Crippen LogP contribution >= 0.6 is 0 Å². The Bertz CT molecular complexity index is 466. The molecule has 0 radical (unpaired) electrons. The van der Waals surface area contributed by atoms with Crippen LogP contribution in [0, 0.1) is 20.0 Å². The molecule has 1 aliphatic carbocycles. The van der Waals surface area contributed by atoms with Crippen molar-refractivity contribution in [3.63, 3.8) is 0 Å². The summed E-state index contributed by atoms with van der Waals surface area (Å²) in [6.07, 6.45) is 0.559. The summed E-state index contributed by atoms with van der Waals surface area (Å²) in [5, 5.41) is 18.7. The first-order valence-corrected chi connectivity index (χ1v) is 5.31. The van der Waals surface area contributed by atoms with Crippen LogP contribution in [-0.4, -0.2) is 16.2 Å². The molecule has 0 bridgehead atoms. The van der Waals surface area contributed by atoms with Crippen molar-refractivity contribution in [1.29, 1.82) is 0 Å². The van der Waals surface area contributed by atoms with E-state index >= 15 is 0 Å². The Kier molecular flexibility index (Phi) is 17.2. The third-order valence-corrected chi connectivity index (χ3v) is 2.76. The predicted molar refractivity (Wildman–Crippen MR) is 62.8 cm³/mol. The van der Waals surface area contributed by atoms with Crippen molar-refractivity contribution in [2.24, 2.45) is 0 Å². The molecule has 0 spiro atoms. The van der Waals surface area contributed by atoms with Crippen molar-refractivity contribution in [3.05, 3.63) is 55.3 Å². The fraction of sp³-hybridized carbons (Fsp3) is 0.286. The summed E-state index contributed by atoms with van der Waals surface area (Å²) >= 11 is 0. The van der Waals surface area contributed by atoms with Gasteiger partial charge in [-0.25, -0.2) is 0 Å². The molecule has 0 amide bonds. The van der Waals surface area contributed by atoms with Gasteiger partial charge in [-0.05, 0) is 24.0 Å². The number of aliphatic hydroxyl groups is 1. The zero-order valence-electron chi connectivity index (χ0n) is 10.8. The van der Waals surface area contributed by atoms with E-state index < -0.39 is 18.0 Å². The minimum atomic E-state index is -0.802. The maximum absolute atomic E-state index is 10.9. The number of hydrogen-bond acceptors (Lipinski definition) is 2. The Hall–Kier alpha value is -1.60. The molecule has 0 saturated carbocycles. The third kappa shape index (κ3) is 7.10. The fourth-order valence-corrected chi connectivity index (χ4v) is 2.02. The zero-order chi connectivity index (χ0) is 16.1. The third-order valence-electron chi connectivity index (χ3n) is 2.76. The molecule has 0 saturated heterocycles. The Morgan fingerprint density at radius 1 is 1.00 bits per heavy atom. The molecule has 1 aromatic rings. The van der Waals surface area contributed by atoms with E-state index in [0.717, 1.165) is 11.1 Å². The predicted octanol–water partition coefficient (Wildman–Crippen LogP) is 1.57. The van der Waals surface area contributed by atoms with Gasteiger partial charge in [0.15, 0.2) is 0 Å². The zero-order valence-corrected chi connectivity index (χ0v) is 12.1. The van der Waals surface area contributed by atoms with Gasteiger partial charge < -0.3 is 10.2 Å². The van der Waals surface area contributed by atoms with Crippen molar-refractivity contribution in [2.45, 2.75) is 24.9 Å². The van der Waals surface area contributed by atoms with Gasteiger partial charge in [0.05, 0.1) is 12.0 Å². The van der Waals surface area contributed by atoms with Gasteiger partial charge in [-0.3, -0.25) is 4.79 Å². The molecule has 0 aromatic heterocycles. The normalized spacial score (nSPS) is 17.3. The van der Waals surface area contributed by atoms with Crippen LogP contribution in [0.4, 0.5) is 0 Å².